The third-order valence-corrected chi connectivity index (χ3v) is 5.70. The van der Waals surface area contributed by atoms with Crippen molar-refractivity contribution in [2.75, 3.05) is 39.4 Å². The number of benzene rings is 2. The first-order chi connectivity index (χ1) is 15.7. The van der Waals surface area contributed by atoms with E-state index in [1.54, 1.807) is 0 Å². The minimum absolute atomic E-state index is 0. The van der Waals surface area contributed by atoms with E-state index in [-0.39, 0.29) is 35.8 Å². The quantitative estimate of drug-likeness (QED) is 0.258. The number of guanidine groups is 1. The number of aromatic nitrogens is 1. The van der Waals surface area contributed by atoms with E-state index in [1.807, 2.05) is 42.6 Å². The fraction of sp³-hybridized carbons (Fsp3) is 0.360. The number of pyridine rings is 1. The summed E-state index contributed by atoms with van der Waals surface area (Å²) in [6.07, 6.45) is 1.83. The molecule has 33 heavy (non-hydrogen) atoms. The minimum atomic E-state index is -0.220. The predicted octanol–water partition coefficient (Wildman–Crippen LogP) is 4.12. The van der Waals surface area contributed by atoms with Gasteiger partial charge in [-0.05, 0) is 42.3 Å². The molecule has 8 heteroatoms. The zero-order chi connectivity index (χ0) is 22.2. The van der Waals surface area contributed by atoms with Crippen molar-refractivity contribution in [3.05, 3.63) is 77.7 Å². The molecule has 2 N–H and O–H groups in total. The molecule has 3 aromatic rings. The Balaban J connectivity index is 0.00000306. The first kappa shape index (κ1) is 25.3. The Morgan fingerprint density at radius 2 is 1.85 bits per heavy atom. The number of hydrogen-bond acceptors (Lipinski definition) is 4. The van der Waals surface area contributed by atoms with E-state index in [4.69, 9.17) is 9.73 Å². The smallest absolute Gasteiger partial charge is 0.191 e. The molecule has 1 aromatic heterocycles. The van der Waals surface area contributed by atoms with Crippen molar-refractivity contribution in [1.82, 2.24) is 20.5 Å². The first-order valence-electron chi connectivity index (χ1n) is 11.2. The number of fused-ring (bicyclic) bond motifs is 1. The van der Waals surface area contributed by atoms with Gasteiger partial charge in [0.2, 0.25) is 0 Å². The Bertz CT molecular complexity index is 1040. The molecule has 1 saturated heterocycles. The minimum Gasteiger partial charge on any atom is -0.379 e. The fourth-order valence-corrected chi connectivity index (χ4v) is 4.02. The van der Waals surface area contributed by atoms with Crippen LogP contribution >= 0.6 is 24.0 Å². The van der Waals surface area contributed by atoms with E-state index in [0.29, 0.717) is 26.3 Å². The molecule has 4 rings (SSSR count). The van der Waals surface area contributed by atoms with Gasteiger partial charge in [0.15, 0.2) is 5.96 Å². The van der Waals surface area contributed by atoms with Gasteiger partial charge in [0, 0.05) is 37.8 Å². The number of para-hydroxylation sites is 1. The van der Waals surface area contributed by atoms with Crippen molar-refractivity contribution in [1.29, 1.82) is 0 Å². The van der Waals surface area contributed by atoms with Crippen molar-refractivity contribution in [2.24, 2.45) is 4.99 Å². The summed E-state index contributed by atoms with van der Waals surface area (Å²) in [6.45, 7) is 7.15. The Labute approximate surface area is 211 Å². The summed E-state index contributed by atoms with van der Waals surface area (Å²) < 4.78 is 19.0. The Morgan fingerprint density at radius 3 is 2.61 bits per heavy atom. The van der Waals surface area contributed by atoms with Crippen LogP contribution in [-0.2, 0) is 11.3 Å². The lowest BCUT2D eigenvalue weighted by atomic mass is 10.0. The van der Waals surface area contributed by atoms with Gasteiger partial charge in [-0.3, -0.25) is 9.88 Å². The third kappa shape index (κ3) is 6.84. The van der Waals surface area contributed by atoms with Crippen LogP contribution in [0.1, 0.15) is 24.1 Å². The molecule has 0 spiro atoms. The van der Waals surface area contributed by atoms with Crippen molar-refractivity contribution >= 4 is 40.8 Å². The second-order valence-corrected chi connectivity index (χ2v) is 7.78. The number of rotatable bonds is 7. The molecular weight excluding hydrogens is 532 g/mol. The third-order valence-electron chi connectivity index (χ3n) is 5.70. The van der Waals surface area contributed by atoms with Crippen molar-refractivity contribution in [3.8, 4) is 0 Å². The number of aliphatic imine (C=N–C) groups is 1. The van der Waals surface area contributed by atoms with Gasteiger partial charge in [0.25, 0.3) is 0 Å². The topological polar surface area (TPSA) is 61.8 Å². The molecule has 0 bridgehead atoms. The summed E-state index contributed by atoms with van der Waals surface area (Å²) in [5.41, 5.74) is 3.19. The van der Waals surface area contributed by atoms with Crippen LogP contribution in [0.3, 0.4) is 0 Å². The lowest BCUT2D eigenvalue weighted by Crippen LogP contribution is -2.46. The zero-order valence-corrected chi connectivity index (χ0v) is 21.2. The summed E-state index contributed by atoms with van der Waals surface area (Å²) in [7, 11) is 0. The van der Waals surface area contributed by atoms with Gasteiger partial charge in [0.1, 0.15) is 5.82 Å². The molecular formula is C25H31FIN5O. The summed E-state index contributed by atoms with van der Waals surface area (Å²) in [4.78, 5) is 11.6. The maximum Gasteiger partial charge on any atom is 0.191 e. The predicted molar refractivity (Wildman–Crippen MR) is 142 cm³/mol. The first-order valence-corrected chi connectivity index (χ1v) is 11.2. The highest BCUT2D eigenvalue weighted by Gasteiger charge is 2.23. The number of morpholine rings is 1. The lowest BCUT2D eigenvalue weighted by Gasteiger charge is -2.35. The van der Waals surface area contributed by atoms with Gasteiger partial charge in [-0.2, -0.15) is 0 Å². The fourth-order valence-electron chi connectivity index (χ4n) is 4.02. The Morgan fingerprint density at radius 1 is 1.09 bits per heavy atom. The molecule has 0 amide bonds. The van der Waals surface area contributed by atoms with E-state index >= 15 is 0 Å². The average molecular weight is 563 g/mol. The maximum absolute atomic E-state index is 13.5. The van der Waals surface area contributed by atoms with E-state index in [0.717, 1.165) is 47.6 Å². The monoisotopic (exact) mass is 563 g/mol. The number of ether oxygens (including phenoxy) is 1. The molecule has 176 valence electrons. The van der Waals surface area contributed by atoms with E-state index in [9.17, 15) is 4.39 Å². The van der Waals surface area contributed by atoms with Crippen molar-refractivity contribution < 1.29 is 9.13 Å². The van der Waals surface area contributed by atoms with Gasteiger partial charge in [-0.1, -0.05) is 30.3 Å². The molecule has 0 aliphatic carbocycles. The highest BCUT2D eigenvalue weighted by molar-refractivity contribution is 14.0. The van der Waals surface area contributed by atoms with Crippen molar-refractivity contribution in [2.45, 2.75) is 19.5 Å². The van der Waals surface area contributed by atoms with Crippen LogP contribution in [0.5, 0.6) is 0 Å². The van der Waals surface area contributed by atoms with Crippen LogP contribution in [0, 0.1) is 5.82 Å². The SMILES string of the molecule is CCNC(=NCc1ccnc2ccccc12)NCC(c1ccc(F)cc1)N1CCOCC1.I. The van der Waals surface area contributed by atoms with Crippen LogP contribution < -0.4 is 10.6 Å². The Hall–Kier alpha value is -2.30. The molecule has 2 heterocycles. The molecule has 1 fully saturated rings. The maximum atomic E-state index is 13.5. The largest absolute Gasteiger partial charge is 0.379 e. The molecule has 6 nitrogen and oxygen atoms in total. The van der Waals surface area contributed by atoms with Crippen LogP contribution in [0.4, 0.5) is 4.39 Å². The number of hydrogen-bond donors (Lipinski definition) is 2. The molecule has 1 aliphatic rings. The summed E-state index contributed by atoms with van der Waals surface area (Å²) in [5.74, 6) is 0.538. The van der Waals surface area contributed by atoms with Crippen molar-refractivity contribution in [3.63, 3.8) is 0 Å². The van der Waals surface area contributed by atoms with E-state index < -0.39 is 0 Å². The van der Waals surface area contributed by atoms with Gasteiger partial charge in [-0.25, -0.2) is 9.38 Å². The average Bonchev–Trinajstić information content (AvgIpc) is 2.84. The van der Waals surface area contributed by atoms with Gasteiger partial charge in [-0.15, -0.1) is 24.0 Å². The van der Waals surface area contributed by atoms with E-state index in [1.165, 1.54) is 12.1 Å². The molecule has 0 radical (unpaired) electrons. The number of nitrogens with zero attached hydrogens (tertiary/aromatic N) is 3. The second kappa shape index (κ2) is 12.8. The van der Waals surface area contributed by atoms with Crippen LogP contribution in [0.25, 0.3) is 10.9 Å². The Kier molecular flexibility index (Phi) is 9.83. The second-order valence-electron chi connectivity index (χ2n) is 7.78. The van der Waals surface area contributed by atoms with Crippen LogP contribution in [0.2, 0.25) is 0 Å². The summed E-state index contributed by atoms with van der Waals surface area (Å²) in [5, 5.41) is 7.95. The number of halogens is 2. The highest BCUT2D eigenvalue weighted by atomic mass is 127. The van der Waals surface area contributed by atoms with Gasteiger partial charge in [0.05, 0.1) is 31.3 Å². The molecule has 1 aliphatic heterocycles. The van der Waals surface area contributed by atoms with Crippen LogP contribution in [-0.4, -0.2) is 55.2 Å². The van der Waals surface area contributed by atoms with Gasteiger partial charge < -0.3 is 15.4 Å². The highest BCUT2D eigenvalue weighted by Crippen LogP contribution is 2.22. The normalized spacial score (nSPS) is 15.6. The zero-order valence-electron chi connectivity index (χ0n) is 18.8. The number of nitrogens with one attached hydrogen (secondary N) is 2. The standard InChI is InChI=1S/C25H30FN5O.HI/c1-2-27-25(29-17-20-11-12-28-23-6-4-3-5-22(20)23)30-18-24(31-13-15-32-16-14-31)19-7-9-21(26)10-8-19;/h3-12,24H,2,13-18H2,1H3,(H2,27,29,30);1H. The van der Waals surface area contributed by atoms with Gasteiger partial charge >= 0.3 is 0 Å². The summed E-state index contributed by atoms with van der Waals surface area (Å²) >= 11 is 0. The molecule has 0 saturated carbocycles. The lowest BCUT2D eigenvalue weighted by molar-refractivity contribution is 0.0170. The van der Waals surface area contributed by atoms with E-state index in [2.05, 4.69) is 33.5 Å². The molecule has 1 atom stereocenters. The van der Waals surface area contributed by atoms with Crippen LogP contribution in [0.15, 0.2) is 65.8 Å². The molecule has 2 aromatic carbocycles. The molecule has 1 unspecified atom stereocenters. The summed E-state index contributed by atoms with van der Waals surface area (Å²) in [6, 6.07) is 17.0.